The molecular formula is C39H42N4O6S. The molecule has 0 saturated heterocycles. The van der Waals surface area contributed by atoms with Gasteiger partial charge in [0.1, 0.15) is 0 Å². The van der Waals surface area contributed by atoms with E-state index in [9.17, 15) is 13.2 Å². The topological polar surface area (TPSA) is 129 Å². The van der Waals surface area contributed by atoms with E-state index in [2.05, 4.69) is 54.6 Å². The molecular weight excluding hydrogens is 653 g/mol. The Balaban J connectivity index is 1.53. The number of ether oxygens (including phenoxy) is 3. The Bertz CT molecular complexity index is 2040. The highest BCUT2D eigenvalue weighted by Gasteiger charge is 2.26. The van der Waals surface area contributed by atoms with Crippen molar-refractivity contribution in [1.82, 2.24) is 9.97 Å². The zero-order chi connectivity index (χ0) is 35.9. The fraction of sp³-hybridized carbons (Fsp3) is 0.256. The first kappa shape index (κ1) is 35.9. The lowest BCUT2D eigenvalue weighted by molar-refractivity contribution is -0.116. The van der Waals surface area contributed by atoms with Gasteiger partial charge in [-0.25, -0.2) is 13.4 Å². The number of para-hydroxylation sites is 3. The van der Waals surface area contributed by atoms with Crippen LogP contribution in [0, 0.1) is 0 Å². The normalized spacial score (nSPS) is 11.6. The number of benzene rings is 4. The van der Waals surface area contributed by atoms with Gasteiger partial charge in [-0.1, -0.05) is 107 Å². The van der Waals surface area contributed by atoms with Gasteiger partial charge in [0.2, 0.25) is 11.7 Å². The predicted molar refractivity (Wildman–Crippen MR) is 196 cm³/mol. The van der Waals surface area contributed by atoms with Gasteiger partial charge >= 0.3 is 0 Å². The van der Waals surface area contributed by atoms with Crippen LogP contribution in [-0.2, 0) is 20.2 Å². The number of sulfonamides is 1. The Kier molecular flexibility index (Phi) is 11.1. The number of aromatic nitrogens is 2. The summed E-state index contributed by atoms with van der Waals surface area (Å²) < 4.78 is 48.2. The minimum Gasteiger partial charge on any atom is -0.493 e. The first-order valence-corrected chi connectivity index (χ1v) is 17.8. The molecule has 0 unspecified atom stereocenters. The van der Waals surface area contributed by atoms with Gasteiger partial charge in [0, 0.05) is 11.3 Å². The van der Waals surface area contributed by atoms with Gasteiger partial charge in [0.25, 0.3) is 15.9 Å². The molecule has 10 nitrogen and oxygen atoms in total. The van der Waals surface area contributed by atoms with Gasteiger partial charge in [-0.3, -0.25) is 9.52 Å². The van der Waals surface area contributed by atoms with Crippen molar-refractivity contribution in [2.45, 2.75) is 57.3 Å². The molecule has 50 heavy (non-hydrogen) atoms. The van der Waals surface area contributed by atoms with E-state index in [4.69, 9.17) is 14.2 Å². The van der Waals surface area contributed by atoms with Gasteiger partial charge in [0.15, 0.2) is 23.1 Å². The average Bonchev–Trinajstić information content (AvgIpc) is 3.09. The number of methoxy groups -OCH3 is 1. The van der Waals surface area contributed by atoms with Crippen molar-refractivity contribution < 1.29 is 27.4 Å². The fourth-order valence-corrected chi connectivity index (χ4v) is 6.11. The first-order chi connectivity index (χ1) is 23.9. The van der Waals surface area contributed by atoms with Crippen LogP contribution in [0.5, 0.6) is 23.1 Å². The van der Waals surface area contributed by atoms with Crippen molar-refractivity contribution in [3.63, 3.8) is 0 Å². The molecule has 1 aromatic heterocycles. The molecule has 4 aromatic carbocycles. The summed E-state index contributed by atoms with van der Waals surface area (Å²) in [7, 11) is -2.68. The maximum atomic E-state index is 13.9. The van der Waals surface area contributed by atoms with Crippen molar-refractivity contribution in [2.24, 2.45) is 0 Å². The highest BCUT2D eigenvalue weighted by atomic mass is 32.2. The van der Waals surface area contributed by atoms with Crippen LogP contribution in [0.15, 0.2) is 108 Å². The molecule has 1 heterocycles. The number of hydrogen-bond donors (Lipinski definition) is 2. The minimum atomic E-state index is -4.17. The molecule has 0 aliphatic carbocycles. The molecule has 1 amide bonds. The first-order valence-electron chi connectivity index (χ1n) is 16.3. The number of anilines is 2. The number of carbonyl (C=O) groups excluding carboxylic acids is 1. The number of amides is 1. The average molecular weight is 695 g/mol. The zero-order valence-electron chi connectivity index (χ0n) is 29.1. The van der Waals surface area contributed by atoms with Crippen LogP contribution in [-0.4, -0.2) is 38.0 Å². The highest BCUT2D eigenvalue weighted by Crippen LogP contribution is 2.42. The van der Waals surface area contributed by atoms with Crippen molar-refractivity contribution in [3.05, 3.63) is 114 Å². The molecule has 0 saturated carbocycles. The van der Waals surface area contributed by atoms with E-state index in [0.29, 0.717) is 11.3 Å². The molecule has 11 heteroatoms. The molecule has 0 aliphatic heterocycles. The summed E-state index contributed by atoms with van der Waals surface area (Å²) in [5, 5.41) is 2.97. The van der Waals surface area contributed by atoms with Crippen LogP contribution >= 0.6 is 0 Å². The second kappa shape index (κ2) is 15.4. The summed E-state index contributed by atoms with van der Waals surface area (Å²) in [4.78, 5) is 22.4. The number of nitrogens with one attached hydrogen (secondary N) is 2. The largest absolute Gasteiger partial charge is 0.493 e. The van der Waals surface area contributed by atoms with Crippen LogP contribution in [0.2, 0.25) is 0 Å². The van der Waals surface area contributed by atoms with Gasteiger partial charge in [-0.15, -0.1) is 0 Å². The quantitative estimate of drug-likeness (QED) is 0.125. The minimum absolute atomic E-state index is 0.0214. The lowest BCUT2D eigenvalue weighted by Crippen LogP contribution is -2.18. The molecule has 0 atom stereocenters. The number of hydrogen-bond acceptors (Lipinski definition) is 8. The Morgan fingerprint density at radius 3 is 2.12 bits per heavy atom. The van der Waals surface area contributed by atoms with Crippen LogP contribution in [0.3, 0.4) is 0 Å². The van der Waals surface area contributed by atoms with Gasteiger partial charge in [-0.05, 0) is 52.8 Å². The third kappa shape index (κ3) is 8.78. The molecule has 260 valence electrons. The van der Waals surface area contributed by atoms with E-state index in [-0.39, 0.29) is 64.2 Å². The molecule has 0 aliphatic rings. The van der Waals surface area contributed by atoms with E-state index in [1.165, 1.54) is 7.11 Å². The number of carbonyl (C=O) groups is 1. The second-order valence-corrected chi connectivity index (χ2v) is 14.6. The van der Waals surface area contributed by atoms with E-state index in [0.717, 1.165) is 16.8 Å². The lowest BCUT2D eigenvalue weighted by Gasteiger charge is -2.20. The van der Waals surface area contributed by atoms with Gasteiger partial charge in [-0.2, -0.15) is 4.98 Å². The van der Waals surface area contributed by atoms with Crippen LogP contribution in [0.1, 0.15) is 58.1 Å². The summed E-state index contributed by atoms with van der Waals surface area (Å²) in [5.74, 6) is 0.472. The van der Waals surface area contributed by atoms with E-state index in [1.54, 1.807) is 60.7 Å². The van der Waals surface area contributed by atoms with Crippen molar-refractivity contribution in [3.8, 4) is 34.5 Å². The van der Waals surface area contributed by atoms with Crippen molar-refractivity contribution in [1.29, 1.82) is 0 Å². The Morgan fingerprint density at radius 1 is 0.820 bits per heavy atom. The summed E-state index contributed by atoms with van der Waals surface area (Å²) in [6, 6.07) is 30.3. The van der Waals surface area contributed by atoms with Crippen molar-refractivity contribution >= 4 is 27.4 Å². The summed E-state index contributed by atoms with van der Waals surface area (Å²) >= 11 is 0. The molecule has 0 bridgehead atoms. The summed E-state index contributed by atoms with van der Waals surface area (Å²) in [6.45, 7) is 10.2. The van der Waals surface area contributed by atoms with E-state index >= 15 is 0 Å². The van der Waals surface area contributed by atoms with Gasteiger partial charge < -0.3 is 19.5 Å². The standard InChI is InChI=1S/C39H42N4O6S/c1-26(2)30-16-10-11-17-31(30)40-34(44)24-25-48-38-35(49-33-19-13-12-18-32(33)47-6)37(41-36(42-38)27-14-8-7-9-15-27)43-50(45,46)29-22-20-28(21-23-29)39(3,4)5/h7-23,26H,24-25H2,1-6H3,(H,40,44)(H,41,42,43). The monoisotopic (exact) mass is 694 g/mol. The molecule has 5 rings (SSSR count). The van der Waals surface area contributed by atoms with Crippen LogP contribution in [0.25, 0.3) is 11.4 Å². The Labute approximate surface area is 293 Å². The molecule has 0 fully saturated rings. The molecule has 5 aromatic rings. The van der Waals surface area contributed by atoms with Gasteiger partial charge in [0.05, 0.1) is 25.0 Å². The maximum Gasteiger partial charge on any atom is 0.263 e. The SMILES string of the molecule is COc1ccccc1Oc1c(NS(=O)(=O)c2ccc(C(C)(C)C)cc2)nc(-c2ccccc2)nc1OCCC(=O)Nc1ccccc1C(C)C. The molecule has 0 spiro atoms. The Hall–Kier alpha value is -5.42. The fourth-order valence-electron chi connectivity index (χ4n) is 5.11. The third-order valence-corrected chi connectivity index (χ3v) is 9.19. The molecule has 2 N–H and O–H groups in total. The van der Waals surface area contributed by atoms with E-state index in [1.807, 2.05) is 42.5 Å². The summed E-state index contributed by atoms with van der Waals surface area (Å²) in [6.07, 6.45) is -0.0214. The number of rotatable bonds is 13. The predicted octanol–water partition coefficient (Wildman–Crippen LogP) is 8.57. The van der Waals surface area contributed by atoms with E-state index < -0.39 is 10.0 Å². The van der Waals surface area contributed by atoms with Crippen LogP contribution in [0.4, 0.5) is 11.5 Å². The zero-order valence-corrected chi connectivity index (χ0v) is 29.9. The lowest BCUT2D eigenvalue weighted by atomic mass is 9.87. The summed E-state index contributed by atoms with van der Waals surface area (Å²) in [5.41, 5.74) is 3.18. The number of nitrogens with zero attached hydrogens (tertiary/aromatic N) is 2. The van der Waals surface area contributed by atoms with Crippen LogP contribution < -0.4 is 24.2 Å². The Morgan fingerprint density at radius 2 is 1.46 bits per heavy atom. The highest BCUT2D eigenvalue weighted by molar-refractivity contribution is 7.92. The smallest absolute Gasteiger partial charge is 0.263 e. The second-order valence-electron chi connectivity index (χ2n) is 12.9. The van der Waals surface area contributed by atoms with Crippen molar-refractivity contribution in [2.75, 3.05) is 23.8 Å². The maximum absolute atomic E-state index is 13.9. The third-order valence-electron chi connectivity index (χ3n) is 7.83. The molecule has 0 radical (unpaired) electrons.